The van der Waals surface area contributed by atoms with Gasteiger partial charge in [-0.15, -0.1) is 0 Å². The molecule has 0 bridgehead atoms. The molecular formula is C17H14BrN3O2. The fraction of sp³-hybridized carbons (Fsp3) is 0.118. The average molecular weight is 372 g/mol. The molecule has 2 amide bonds. The van der Waals surface area contributed by atoms with E-state index in [4.69, 9.17) is 5.26 Å². The molecule has 0 unspecified atom stereocenters. The summed E-state index contributed by atoms with van der Waals surface area (Å²) in [6.07, 6.45) is 0. The Morgan fingerprint density at radius 1 is 1.17 bits per heavy atom. The van der Waals surface area contributed by atoms with Gasteiger partial charge in [-0.05, 0) is 36.4 Å². The van der Waals surface area contributed by atoms with Crippen molar-refractivity contribution in [3.8, 4) is 6.07 Å². The van der Waals surface area contributed by atoms with Crippen LogP contribution in [-0.2, 0) is 9.59 Å². The quantitative estimate of drug-likeness (QED) is 0.895. The van der Waals surface area contributed by atoms with E-state index in [9.17, 15) is 9.59 Å². The van der Waals surface area contributed by atoms with Gasteiger partial charge in [0.05, 0.1) is 11.3 Å². The van der Waals surface area contributed by atoms with Crippen LogP contribution in [0, 0.1) is 11.3 Å². The van der Waals surface area contributed by atoms with Gasteiger partial charge in [0.2, 0.25) is 11.8 Å². The van der Waals surface area contributed by atoms with Gasteiger partial charge >= 0.3 is 0 Å². The van der Waals surface area contributed by atoms with E-state index in [1.54, 1.807) is 36.4 Å². The summed E-state index contributed by atoms with van der Waals surface area (Å²) >= 11 is 3.32. The first-order chi connectivity index (χ1) is 11.0. The highest BCUT2D eigenvalue weighted by Crippen LogP contribution is 2.20. The second-order valence-corrected chi connectivity index (χ2v) is 5.70. The molecular weight excluding hydrogens is 358 g/mol. The molecule has 0 aromatic heterocycles. The number of halogens is 1. The van der Waals surface area contributed by atoms with Crippen molar-refractivity contribution in [1.82, 2.24) is 0 Å². The highest BCUT2D eigenvalue weighted by molar-refractivity contribution is 9.10. The van der Waals surface area contributed by atoms with Gasteiger partial charge in [-0.2, -0.15) is 5.26 Å². The van der Waals surface area contributed by atoms with E-state index in [1.807, 2.05) is 18.2 Å². The summed E-state index contributed by atoms with van der Waals surface area (Å²) in [5.74, 6) is -0.645. The van der Waals surface area contributed by atoms with Crippen LogP contribution >= 0.6 is 15.9 Å². The van der Waals surface area contributed by atoms with E-state index >= 15 is 0 Å². The van der Waals surface area contributed by atoms with Gasteiger partial charge in [0.15, 0.2) is 0 Å². The molecule has 0 aliphatic carbocycles. The van der Waals surface area contributed by atoms with Crippen molar-refractivity contribution >= 4 is 39.1 Å². The van der Waals surface area contributed by atoms with Gasteiger partial charge < -0.3 is 10.2 Å². The molecule has 2 aromatic carbocycles. The number of anilines is 2. The first kappa shape index (κ1) is 16.7. The van der Waals surface area contributed by atoms with Gasteiger partial charge in [0.1, 0.15) is 12.6 Å². The fourth-order valence-electron chi connectivity index (χ4n) is 2.05. The van der Waals surface area contributed by atoms with Crippen LogP contribution in [0.3, 0.4) is 0 Å². The SMILES string of the molecule is CC(=O)N(CC(=O)Nc1ccc(Br)cc1)c1ccccc1C#N. The number of para-hydroxylation sites is 1. The van der Waals surface area contributed by atoms with Crippen LogP contribution in [0.4, 0.5) is 11.4 Å². The lowest BCUT2D eigenvalue weighted by molar-refractivity contribution is -0.120. The summed E-state index contributed by atoms with van der Waals surface area (Å²) in [5, 5.41) is 11.9. The highest BCUT2D eigenvalue weighted by atomic mass is 79.9. The van der Waals surface area contributed by atoms with Crippen LogP contribution in [-0.4, -0.2) is 18.4 Å². The molecule has 0 saturated heterocycles. The number of nitrogens with zero attached hydrogens (tertiary/aromatic N) is 2. The molecule has 1 N–H and O–H groups in total. The number of carbonyl (C=O) groups excluding carboxylic acids is 2. The van der Waals surface area contributed by atoms with Crippen molar-refractivity contribution in [3.63, 3.8) is 0 Å². The van der Waals surface area contributed by atoms with Crippen LogP contribution < -0.4 is 10.2 Å². The average Bonchev–Trinajstić information content (AvgIpc) is 2.54. The van der Waals surface area contributed by atoms with E-state index in [2.05, 4.69) is 21.2 Å². The summed E-state index contributed by atoms with van der Waals surface area (Å²) in [5.41, 5.74) is 1.41. The summed E-state index contributed by atoms with van der Waals surface area (Å²) in [6, 6.07) is 15.8. The molecule has 0 atom stereocenters. The van der Waals surface area contributed by atoms with Gasteiger partial charge in [-0.1, -0.05) is 28.1 Å². The molecule has 0 spiro atoms. The number of benzene rings is 2. The molecule has 2 rings (SSSR count). The number of hydrogen-bond donors (Lipinski definition) is 1. The normalized spacial score (nSPS) is 9.78. The molecule has 0 heterocycles. The number of hydrogen-bond acceptors (Lipinski definition) is 3. The second kappa shape index (κ2) is 7.56. The van der Waals surface area contributed by atoms with Crippen molar-refractivity contribution in [2.45, 2.75) is 6.92 Å². The Labute approximate surface area is 142 Å². The van der Waals surface area contributed by atoms with Crippen LogP contribution in [0.25, 0.3) is 0 Å². The van der Waals surface area contributed by atoms with E-state index in [1.165, 1.54) is 11.8 Å². The molecule has 2 aromatic rings. The maximum absolute atomic E-state index is 12.2. The number of nitriles is 1. The van der Waals surface area contributed by atoms with E-state index in [-0.39, 0.29) is 18.4 Å². The molecule has 5 nitrogen and oxygen atoms in total. The molecule has 0 radical (unpaired) electrons. The maximum atomic E-state index is 12.2. The zero-order chi connectivity index (χ0) is 16.8. The van der Waals surface area contributed by atoms with Gasteiger partial charge in [-0.3, -0.25) is 9.59 Å². The molecule has 23 heavy (non-hydrogen) atoms. The third-order valence-corrected chi connectivity index (χ3v) is 3.65. The van der Waals surface area contributed by atoms with E-state index in [0.717, 1.165) is 4.47 Å². The number of carbonyl (C=O) groups is 2. The molecule has 0 fully saturated rings. The summed E-state index contributed by atoms with van der Waals surface area (Å²) in [4.78, 5) is 25.3. The van der Waals surface area contributed by atoms with Crippen molar-refractivity contribution in [3.05, 3.63) is 58.6 Å². The van der Waals surface area contributed by atoms with Crippen molar-refractivity contribution in [2.75, 3.05) is 16.8 Å². The predicted octanol–water partition coefficient (Wildman–Crippen LogP) is 3.31. The van der Waals surface area contributed by atoms with Crippen LogP contribution in [0.2, 0.25) is 0 Å². The number of nitrogens with one attached hydrogen (secondary N) is 1. The standard InChI is InChI=1S/C17H14BrN3O2/c1-12(22)21(16-5-3-2-4-13(16)10-19)11-17(23)20-15-8-6-14(18)7-9-15/h2-9H,11H2,1H3,(H,20,23). The Bertz CT molecular complexity index is 766. The highest BCUT2D eigenvalue weighted by Gasteiger charge is 2.18. The number of amides is 2. The zero-order valence-electron chi connectivity index (χ0n) is 12.4. The Hall–Kier alpha value is -2.65. The third-order valence-electron chi connectivity index (χ3n) is 3.13. The topological polar surface area (TPSA) is 73.2 Å². The lowest BCUT2D eigenvalue weighted by Gasteiger charge is -2.21. The van der Waals surface area contributed by atoms with Crippen molar-refractivity contribution in [2.24, 2.45) is 0 Å². The van der Waals surface area contributed by atoms with Crippen LogP contribution in [0.15, 0.2) is 53.0 Å². The first-order valence-electron chi connectivity index (χ1n) is 6.84. The molecule has 0 aliphatic rings. The van der Waals surface area contributed by atoms with E-state index < -0.39 is 0 Å². The molecule has 0 aliphatic heterocycles. The van der Waals surface area contributed by atoms with Gasteiger partial charge in [0, 0.05) is 17.1 Å². The summed E-state index contributed by atoms with van der Waals surface area (Å²) in [7, 11) is 0. The zero-order valence-corrected chi connectivity index (χ0v) is 14.0. The minimum absolute atomic E-state index is 0.163. The largest absolute Gasteiger partial charge is 0.325 e. The maximum Gasteiger partial charge on any atom is 0.244 e. The smallest absolute Gasteiger partial charge is 0.244 e. The minimum Gasteiger partial charge on any atom is -0.325 e. The monoisotopic (exact) mass is 371 g/mol. The summed E-state index contributed by atoms with van der Waals surface area (Å²) < 4.78 is 0.906. The van der Waals surface area contributed by atoms with Gasteiger partial charge in [-0.25, -0.2) is 0 Å². The Balaban J connectivity index is 2.16. The Morgan fingerprint density at radius 3 is 2.43 bits per heavy atom. The Kier molecular flexibility index (Phi) is 5.50. The fourth-order valence-corrected chi connectivity index (χ4v) is 2.31. The second-order valence-electron chi connectivity index (χ2n) is 4.79. The lowest BCUT2D eigenvalue weighted by atomic mass is 10.1. The van der Waals surface area contributed by atoms with Crippen molar-refractivity contribution in [1.29, 1.82) is 5.26 Å². The first-order valence-corrected chi connectivity index (χ1v) is 7.63. The summed E-state index contributed by atoms with van der Waals surface area (Å²) in [6.45, 7) is 1.20. The minimum atomic E-state index is -0.338. The van der Waals surface area contributed by atoms with Crippen molar-refractivity contribution < 1.29 is 9.59 Å². The third kappa shape index (κ3) is 4.41. The van der Waals surface area contributed by atoms with Crippen LogP contribution in [0.5, 0.6) is 0 Å². The molecule has 116 valence electrons. The van der Waals surface area contributed by atoms with Crippen LogP contribution in [0.1, 0.15) is 12.5 Å². The van der Waals surface area contributed by atoms with Gasteiger partial charge in [0.25, 0.3) is 0 Å². The number of rotatable bonds is 4. The predicted molar refractivity (Wildman–Crippen MR) is 92.0 cm³/mol. The Morgan fingerprint density at radius 2 is 1.83 bits per heavy atom. The molecule has 6 heteroatoms. The van der Waals surface area contributed by atoms with E-state index in [0.29, 0.717) is 16.9 Å². The lowest BCUT2D eigenvalue weighted by Crippen LogP contribution is -2.37. The molecule has 0 saturated carbocycles.